The molecule has 5 heteroatoms. The first-order valence-corrected chi connectivity index (χ1v) is 7.85. The fraction of sp³-hybridized carbons (Fsp3) is 0.462. The van der Waals surface area contributed by atoms with Gasteiger partial charge in [0.2, 0.25) is 0 Å². The van der Waals surface area contributed by atoms with Gasteiger partial charge in [0.15, 0.2) is 6.61 Å². The van der Waals surface area contributed by atoms with Crippen molar-refractivity contribution in [3.05, 3.63) is 22.7 Å². The highest BCUT2D eigenvalue weighted by Crippen LogP contribution is 2.35. The van der Waals surface area contributed by atoms with Gasteiger partial charge in [-0.1, -0.05) is 45.2 Å². The largest absolute Gasteiger partial charge is 0.482 e. The van der Waals surface area contributed by atoms with Gasteiger partial charge in [-0.3, -0.25) is 4.79 Å². The van der Waals surface area contributed by atoms with Crippen LogP contribution in [-0.2, 0) is 4.79 Å². The fourth-order valence-corrected chi connectivity index (χ4v) is 2.93. The van der Waals surface area contributed by atoms with Gasteiger partial charge < -0.3 is 9.64 Å². The standard InChI is InChI=1S/C13H15Br2NO2/c1-2-9(6-14)7-16-11-5-10(15)3-4-12(11)18-8-13(16)17/h3-5,9H,2,6-8H2,1H3. The minimum Gasteiger partial charge on any atom is -0.482 e. The maximum absolute atomic E-state index is 12.0. The maximum Gasteiger partial charge on any atom is 0.265 e. The highest BCUT2D eigenvalue weighted by atomic mass is 79.9. The number of ether oxygens (including phenoxy) is 1. The normalized spacial score (nSPS) is 16.2. The van der Waals surface area contributed by atoms with Gasteiger partial charge in [0, 0.05) is 16.3 Å². The lowest BCUT2D eigenvalue weighted by atomic mass is 10.1. The Morgan fingerprint density at radius 3 is 2.94 bits per heavy atom. The Labute approximate surface area is 124 Å². The maximum atomic E-state index is 12.0. The summed E-state index contributed by atoms with van der Waals surface area (Å²) in [4.78, 5) is 13.8. The summed E-state index contributed by atoms with van der Waals surface area (Å²) >= 11 is 6.93. The van der Waals surface area contributed by atoms with E-state index in [1.807, 2.05) is 23.1 Å². The SMILES string of the molecule is CCC(CBr)CN1C(=O)COc2ccc(Br)cc21. The molecule has 2 rings (SSSR count). The van der Waals surface area contributed by atoms with Crippen LogP contribution in [0.1, 0.15) is 13.3 Å². The summed E-state index contributed by atoms with van der Waals surface area (Å²) in [5, 5.41) is 0.900. The summed E-state index contributed by atoms with van der Waals surface area (Å²) in [7, 11) is 0. The number of hydrogen-bond acceptors (Lipinski definition) is 2. The number of carbonyl (C=O) groups is 1. The van der Waals surface area contributed by atoms with E-state index in [2.05, 4.69) is 38.8 Å². The highest BCUT2D eigenvalue weighted by molar-refractivity contribution is 9.10. The quantitative estimate of drug-likeness (QED) is 0.751. The summed E-state index contributed by atoms with van der Waals surface area (Å²) in [5.41, 5.74) is 0.861. The molecule has 18 heavy (non-hydrogen) atoms. The van der Waals surface area contributed by atoms with Crippen LogP contribution in [0.25, 0.3) is 0 Å². The second kappa shape index (κ2) is 6.06. The van der Waals surface area contributed by atoms with E-state index in [1.54, 1.807) is 0 Å². The first-order valence-electron chi connectivity index (χ1n) is 5.94. The number of amides is 1. The molecule has 1 aromatic carbocycles. The number of carbonyl (C=O) groups excluding carboxylic acids is 1. The molecular formula is C13H15Br2NO2. The van der Waals surface area contributed by atoms with Gasteiger partial charge in [-0.05, 0) is 24.1 Å². The Bertz CT molecular complexity index is 447. The monoisotopic (exact) mass is 375 g/mol. The number of hydrogen-bond donors (Lipinski definition) is 0. The molecule has 0 N–H and O–H groups in total. The number of halogens is 2. The molecule has 0 aliphatic carbocycles. The van der Waals surface area contributed by atoms with Gasteiger partial charge in [0.1, 0.15) is 5.75 Å². The van der Waals surface area contributed by atoms with Crippen molar-refractivity contribution >= 4 is 43.5 Å². The van der Waals surface area contributed by atoms with E-state index in [9.17, 15) is 4.79 Å². The van der Waals surface area contributed by atoms with Gasteiger partial charge in [-0.25, -0.2) is 0 Å². The van der Waals surface area contributed by atoms with Crippen LogP contribution in [-0.4, -0.2) is 24.4 Å². The second-order valence-electron chi connectivity index (χ2n) is 4.33. The van der Waals surface area contributed by atoms with Gasteiger partial charge in [0.05, 0.1) is 5.69 Å². The summed E-state index contributed by atoms with van der Waals surface area (Å²) in [5.74, 6) is 1.26. The van der Waals surface area contributed by atoms with Crippen molar-refractivity contribution in [1.82, 2.24) is 0 Å². The Balaban J connectivity index is 2.29. The predicted octanol–water partition coefficient (Wildman–Crippen LogP) is 3.60. The topological polar surface area (TPSA) is 29.5 Å². The molecule has 98 valence electrons. The molecule has 0 fully saturated rings. The van der Waals surface area contributed by atoms with Crippen LogP contribution >= 0.6 is 31.9 Å². The Kier molecular flexibility index (Phi) is 4.67. The van der Waals surface area contributed by atoms with Crippen molar-refractivity contribution in [2.75, 3.05) is 23.4 Å². The molecule has 0 bridgehead atoms. The van der Waals surface area contributed by atoms with Crippen molar-refractivity contribution in [1.29, 1.82) is 0 Å². The lowest BCUT2D eigenvalue weighted by Gasteiger charge is -2.31. The average molecular weight is 377 g/mol. The van der Waals surface area contributed by atoms with Crippen LogP contribution in [0.5, 0.6) is 5.75 Å². The Morgan fingerprint density at radius 2 is 2.28 bits per heavy atom. The molecule has 1 heterocycles. The second-order valence-corrected chi connectivity index (χ2v) is 5.90. The van der Waals surface area contributed by atoms with E-state index < -0.39 is 0 Å². The molecule has 0 radical (unpaired) electrons. The molecule has 3 nitrogen and oxygen atoms in total. The molecule has 0 spiro atoms. The van der Waals surface area contributed by atoms with Crippen LogP contribution in [0, 0.1) is 5.92 Å². The van der Waals surface area contributed by atoms with Gasteiger partial charge in [-0.2, -0.15) is 0 Å². The van der Waals surface area contributed by atoms with Crippen LogP contribution in [0.2, 0.25) is 0 Å². The zero-order chi connectivity index (χ0) is 13.1. The zero-order valence-electron chi connectivity index (χ0n) is 10.2. The first-order chi connectivity index (χ1) is 8.65. The molecule has 1 aliphatic rings. The summed E-state index contributed by atoms with van der Waals surface area (Å²) in [6.45, 7) is 3.00. The van der Waals surface area contributed by atoms with Crippen molar-refractivity contribution in [3.8, 4) is 5.75 Å². The molecule has 1 aliphatic heterocycles. The predicted molar refractivity (Wildman–Crippen MR) is 79.6 cm³/mol. The highest BCUT2D eigenvalue weighted by Gasteiger charge is 2.27. The molecule has 1 unspecified atom stereocenters. The molecule has 1 atom stereocenters. The van der Waals surface area contributed by atoms with E-state index in [0.717, 1.165) is 34.2 Å². The zero-order valence-corrected chi connectivity index (χ0v) is 13.3. The summed E-state index contributed by atoms with van der Waals surface area (Å²) in [6.07, 6.45) is 1.04. The Hall–Kier alpha value is -0.550. The van der Waals surface area contributed by atoms with Crippen molar-refractivity contribution in [2.45, 2.75) is 13.3 Å². The molecule has 1 amide bonds. The van der Waals surface area contributed by atoms with E-state index in [0.29, 0.717) is 5.92 Å². The lowest BCUT2D eigenvalue weighted by molar-refractivity contribution is -0.121. The number of alkyl halides is 1. The summed E-state index contributed by atoms with van der Waals surface area (Å²) < 4.78 is 6.40. The Morgan fingerprint density at radius 1 is 1.50 bits per heavy atom. The number of nitrogens with zero attached hydrogens (tertiary/aromatic N) is 1. The van der Waals surface area contributed by atoms with Crippen LogP contribution in [0.4, 0.5) is 5.69 Å². The first kappa shape index (κ1) is 13.9. The van der Waals surface area contributed by atoms with Gasteiger partial charge in [-0.15, -0.1) is 0 Å². The third kappa shape index (κ3) is 2.88. The smallest absolute Gasteiger partial charge is 0.265 e. The van der Waals surface area contributed by atoms with Crippen LogP contribution in [0.15, 0.2) is 22.7 Å². The molecule has 0 saturated carbocycles. The van der Waals surface area contributed by atoms with Crippen LogP contribution < -0.4 is 9.64 Å². The van der Waals surface area contributed by atoms with E-state index in [1.165, 1.54) is 0 Å². The van der Waals surface area contributed by atoms with E-state index >= 15 is 0 Å². The van der Waals surface area contributed by atoms with Gasteiger partial charge in [0.25, 0.3) is 5.91 Å². The number of anilines is 1. The van der Waals surface area contributed by atoms with E-state index in [4.69, 9.17) is 4.74 Å². The average Bonchev–Trinajstić information content (AvgIpc) is 2.38. The van der Waals surface area contributed by atoms with Crippen molar-refractivity contribution < 1.29 is 9.53 Å². The minimum absolute atomic E-state index is 0.0278. The van der Waals surface area contributed by atoms with Crippen molar-refractivity contribution in [2.24, 2.45) is 5.92 Å². The summed E-state index contributed by atoms with van der Waals surface area (Å²) in [6, 6.07) is 5.76. The number of benzene rings is 1. The molecule has 1 aromatic rings. The van der Waals surface area contributed by atoms with Gasteiger partial charge >= 0.3 is 0 Å². The number of rotatable bonds is 4. The molecular weight excluding hydrogens is 362 g/mol. The van der Waals surface area contributed by atoms with E-state index in [-0.39, 0.29) is 12.5 Å². The fourth-order valence-electron chi connectivity index (χ4n) is 1.92. The molecule has 0 aromatic heterocycles. The van der Waals surface area contributed by atoms with Crippen LogP contribution in [0.3, 0.4) is 0 Å². The minimum atomic E-state index is 0.0278. The third-order valence-corrected chi connectivity index (χ3v) is 4.51. The lowest BCUT2D eigenvalue weighted by Crippen LogP contribution is -2.42. The molecule has 0 saturated heterocycles. The van der Waals surface area contributed by atoms with Crippen molar-refractivity contribution in [3.63, 3.8) is 0 Å². The third-order valence-electron chi connectivity index (χ3n) is 3.10. The number of fused-ring (bicyclic) bond motifs is 1.